The lowest BCUT2D eigenvalue weighted by Crippen LogP contribution is -2.02. The van der Waals surface area contributed by atoms with Gasteiger partial charge in [-0.05, 0) is 39.7 Å². The van der Waals surface area contributed by atoms with Crippen molar-refractivity contribution in [2.75, 3.05) is 0 Å². The monoisotopic (exact) mass is 298 g/mol. The molecule has 0 radical (unpaired) electrons. The first-order valence-corrected chi connectivity index (χ1v) is 5.83. The molecule has 0 atom stereocenters. The van der Waals surface area contributed by atoms with Gasteiger partial charge in [0.2, 0.25) is 0 Å². The lowest BCUT2D eigenvalue weighted by molar-refractivity contribution is 0.0992. The Bertz CT molecular complexity index is 506. The molecule has 0 aliphatic rings. The molecule has 16 heavy (non-hydrogen) atoms. The maximum absolute atomic E-state index is 11.9. The maximum Gasteiger partial charge on any atom is 0.167 e. The summed E-state index contributed by atoms with van der Waals surface area (Å²) in [5.41, 5.74) is 1.47. The number of hydrogen-bond donors (Lipinski definition) is 0. The van der Waals surface area contributed by atoms with Crippen LogP contribution in [0.3, 0.4) is 0 Å². The second-order valence-corrected chi connectivity index (χ2v) is 4.62. The molecule has 0 saturated carbocycles. The molecular weight excluding hydrogens is 291 g/mol. The average molecular weight is 300 g/mol. The van der Waals surface area contributed by atoms with E-state index in [4.69, 9.17) is 16.0 Å². The molecule has 4 heteroatoms. The van der Waals surface area contributed by atoms with Gasteiger partial charge in [0.15, 0.2) is 5.78 Å². The minimum Gasteiger partial charge on any atom is -0.472 e. The van der Waals surface area contributed by atoms with Crippen LogP contribution in [0.1, 0.15) is 15.9 Å². The fourth-order valence-corrected chi connectivity index (χ4v) is 1.78. The number of ketones is 1. The highest BCUT2D eigenvalue weighted by molar-refractivity contribution is 9.10. The van der Waals surface area contributed by atoms with Gasteiger partial charge in [-0.15, -0.1) is 0 Å². The molecule has 0 N–H and O–H groups in total. The van der Waals surface area contributed by atoms with Crippen LogP contribution in [0.15, 0.2) is 45.7 Å². The standard InChI is InChI=1S/C12H8BrClO2/c13-10-2-1-9(6-11(10)14)12(15)5-8-3-4-16-7-8/h1-4,6-7H,5H2. The molecule has 1 aromatic carbocycles. The third-order valence-electron chi connectivity index (χ3n) is 2.19. The summed E-state index contributed by atoms with van der Waals surface area (Å²) in [7, 11) is 0. The minimum absolute atomic E-state index is 0.0239. The minimum atomic E-state index is 0.0239. The predicted octanol–water partition coefficient (Wildman–Crippen LogP) is 4.12. The summed E-state index contributed by atoms with van der Waals surface area (Å²) >= 11 is 9.20. The third-order valence-corrected chi connectivity index (χ3v) is 3.42. The molecule has 1 heterocycles. The van der Waals surface area contributed by atoms with Crippen LogP contribution in [0.2, 0.25) is 5.02 Å². The molecule has 1 aromatic heterocycles. The fraction of sp³-hybridized carbons (Fsp3) is 0.0833. The quantitative estimate of drug-likeness (QED) is 0.798. The molecule has 0 aliphatic heterocycles. The van der Waals surface area contributed by atoms with Gasteiger partial charge in [0.25, 0.3) is 0 Å². The molecule has 2 aromatic rings. The first-order valence-electron chi connectivity index (χ1n) is 4.66. The van der Waals surface area contributed by atoms with Crippen molar-refractivity contribution in [3.05, 3.63) is 57.4 Å². The summed E-state index contributed by atoms with van der Waals surface area (Å²) in [5, 5.41) is 0.540. The van der Waals surface area contributed by atoms with E-state index in [1.165, 1.54) is 0 Å². The smallest absolute Gasteiger partial charge is 0.167 e. The van der Waals surface area contributed by atoms with Gasteiger partial charge in [0, 0.05) is 16.5 Å². The van der Waals surface area contributed by atoms with Crippen LogP contribution < -0.4 is 0 Å². The van der Waals surface area contributed by atoms with Crippen molar-refractivity contribution in [1.29, 1.82) is 0 Å². The van der Waals surface area contributed by atoms with Crippen LogP contribution in [0.25, 0.3) is 0 Å². The molecule has 0 aliphatic carbocycles. The molecule has 82 valence electrons. The Kier molecular flexibility index (Phi) is 3.46. The number of carbonyl (C=O) groups excluding carboxylic acids is 1. The molecule has 0 fully saturated rings. The number of benzene rings is 1. The van der Waals surface area contributed by atoms with Gasteiger partial charge < -0.3 is 4.42 Å². The van der Waals surface area contributed by atoms with Crippen LogP contribution in [0.4, 0.5) is 0 Å². The van der Waals surface area contributed by atoms with Gasteiger partial charge in [-0.2, -0.15) is 0 Å². The van der Waals surface area contributed by atoms with Gasteiger partial charge in [-0.1, -0.05) is 17.7 Å². The van der Waals surface area contributed by atoms with Crippen LogP contribution >= 0.6 is 27.5 Å². The number of carbonyl (C=O) groups is 1. The summed E-state index contributed by atoms with van der Waals surface area (Å²) < 4.78 is 5.69. The highest BCUT2D eigenvalue weighted by Crippen LogP contribution is 2.23. The molecule has 2 rings (SSSR count). The second-order valence-electron chi connectivity index (χ2n) is 3.36. The Labute approximate surface area is 106 Å². The lowest BCUT2D eigenvalue weighted by Gasteiger charge is -2.01. The van der Waals surface area contributed by atoms with Crippen molar-refractivity contribution in [3.8, 4) is 0 Å². The molecular formula is C12H8BrClO2. The van der Waals surface area contributed by atoms with Crippen LogP contribution in [-0.4, -0.2) is 5.78 Å². The third kappa shape index (κ3) is 2.54. The van der Waals surface area contributed by atoms with E-state index in [1.54, 1.807) is 36.8 Å². The topological polar surface area (TPSA) is 30.2 Å². The molecule has 2 nitrogen and oxygen atoms in total. The van der Waals surface area contributed by atoms with E-state index in [0.29, 0.717) is 17.0 Å². The lowest BCUT2D eigenvalue weighted by atomic mass is 10.1. The van der Waals surface area contributed by atoms with E-state index >= 15 is 0 Å². The highest BCUT2D eigenvalue weighted by Gasteiger charge is 2.09. The summed E-state index contributed by atoms with van der Waals surface area (Å²) in [6.45, 7) is 0. The van der Waals surface area contributed by atoms with Crippen LogP contribution in [0.5, 0.6) is 0 Å². The number of Topliss-reactive ketones (excluding diaryl/α,β-unsaturated/α-hetero) is 1. The van der Waals surface area contributed by atoms with Gasteiger partial charge >= 0.3 is 0 Å². The molecule has 0 saturated heterocycles. The maximum atomic E-state index is 11.9. The van der Waals surface area contributed by atoms with Crippen molar-refractivity contribution in [2.24, 2.45) is 0 Å². The largest absolute Gasteiger partial charge is 0.472 e. The zero-order valence-corrected chi connectivity index (χ0v) is 10.6. The molecule has 0 spiro atoms. The Morgan fingerprint density at radius 3 is 2.81 bits per heavy atom. The number of halogens is 2. The van der Waals surface area contributed by atoms with E-state index in [1.807, 2.05) is 0 Å². The summed E-state index contributed by atoms with van der Waals surface area (Å²) in [6.07, 6.45) is 3.45. The second kappa shape index (κ2) is 4.85. The van der Waals surface area contributed by atoms with Gasteiger partial charge in [0.05, 0.1) is 17.5 Å². The Hall–Kier alpha value is -1.06. The zero-order valence-electron chi connectivity index (χ0n) is 8.24. The Morgan fingerprint density at radius 2 is 2.19 bits per heavy atom. The van der Waals surface area contributed by atoms with E-state index in [2.05, 4.69) is 15.9 Å². The zero-order chi connectivity index (χ0) is 11.5. The fourth-order valence-electron chi connectivity index (χ4n) is 1.35. The first kappa shape index (κ1) is 11.4. The van der Waals surface area contributed by atoms with Crippen molar-refractivity contribution in [3.63, 3.8) is 0 Å². The summed E-state index contributed by atoms with van der Waals surface area (Å²) in [4.78, 5) is 11.9. The Balaban J connectivity index is 2.18. The number of furan rings is 1. The van der Waals surface area contributed by atoms with Crippen molar-refractivity contribution >= 4 is 33.3 Å². The van der Waals surface area contributed by atoms with E-state index < -0.39 is 0 Å². The van der Waals surface area contributed by atoms with Crippen molar-refractivity contribution < 1.29 is 9.21 Å². The average Bonchev–Trinajstić information content (AvgIpc) is 2.74. The SMILES string of the molecule is O=C(Cc1ccoc1)c1ccc(Br)c(Cl)c1. The molecule has 0 amide bonds. The number of hydrogen-bond acceptors (Lipinski definition) is 2. The predicted molar refractivity (Wildman–Crippen MR) is 65.9 cm³/mol. The number of rotatable bonds is 3. The van der Waals surface area contributed by atoms with Crippen molar-refractivity contribution in [1.82, 2.24) is 0 Å². The molecule has 0 bridgehead atoms. The first-order chi connectivity index (χ1) is 7.66. The van der Waals surface area contributed by atoms with E-state index in [0.717, 1.165) is 10.0 Å². The highest BCUT2D eigenvalue weighted by atomic mass is 79.9. The van der Waals surface area contributed by atoms with Gasteiger partial charge in [0.1, 0.15) is 0 Å². The van der Waals surface area contributed by atoms with Gasteiger partial charge in [-0.25, -0.2) is 0 Å². The van der Waals surface area contributed by atoms with Crippen LogP contribution in [0, 0.1) is 0 Å². The van der Waals surface area contributed by atoms with E-state index in [-0.39, 0.29) is 5.78 Å². The normalized spacial score (nSPS) is 10.4. The van der Waals surface area contributed by atoms with Crippen LogP contribution in [-0.2, 0) is 6.42 Å². The van der Waals surface area contributed by atoms with Gasteiger partial charge in [-0.3, -0.25) is 4.79 Å². The summed E-state index contributed by atoms with van der Waals surface area (Å²) in [6, 6.07) is 6.95. The summed E-state index contributed by atoms with van der Waals surface area (Å²) in [5.74, 6) is 0.0239. The Morgan fingerprint density at radius 1 is 1.38 bits per heavy atom. The van der Waals surface area contributed by atoms with Crippen molar-refractivity contribution in [2.45, 2.75) is 6.42 Å². The molecule has 0 unspecified atom stereocenters. The van der Waals surface area contributed by atoms with E-state index in [9.17, 15) is 4.79 Å².